The Balaban J connectivity index is 1.62. The number of hydrogen-bond donors (Lipinski definition) is 0. The van der Waals surface area contributed by atoms with Gasteiger partial charge in [0.1, 0.15) is 12.4 Å². The fourth-order valence-corrected chi connectivity index (χ4v) is 5.36. The minimum atomic E-state index is -0.619. The number of carbonyl (C=O) groups excluding carboxylic acids is 2. The lowest BCUT2D eigenvalue weighted by molar-refractivity contribution is -0.126. The maximum absolute atomic E-state index is 14.7. The Labute approximate surface area is 189 Å². The first kappa shape index (κ1) is 22.3. The lowest BCUT2D eigenvalue weighted by Gasteiger charge is -2.38. The zero-order valence-corrected chi connectivity index (χ0v) is 18.8. The van der Waals surface area contributed by atoms with E-state index in [1.54, 1.807) is 18.2 Å². The molecule has 4 rings (SSSR count). The third-order valence-electron chi connectivity index (χ3n) is 5.54. The highest BCUT2D eigenvalue weighted by molar-refractivity contribution is 8.14. The van der Waals surface area contributed by atoms with E-state index in [9.17, 15) is 14.0 Å². The summed E-state index contributed by atoms with van der Waals surface area (Å²) in [6.45, 7) is 1.11. The molecule has 2 aliphatic rings. The number of Topliss-reactive ketones (excluding diaryl/α,β-unsaturated/α-hetero) is 1. The molecular weight excluding hydrogens is 437 g/mol. The quantitative estimate of drug-likeness (QED) is 0.593. The van der Waals surface area contributed by atoms with Gasteiger partial charge in [0, 0.05) is 42.3 Å². The molecule has 1 aliphatic heterocycles. The minimum absolute atomic E-state index is 0.00940. The average molecular weight is 462 g/mol. The number of aromatic nitrogens is 2. The third-order valence-corrected chi connectivity index (χ3v) is 7.26. The van der Waals surface area contributed by atoms with Crippen LogP contribution in [0.3, 0.4) is 0 Å². The molecule has 0 radical (unpaired) electrons. The number of methoxy groups -OCH3 is 1. The fraction of sp³-hybridized carbons (Fsp3) is 0.455. The van der Waals surface area contributed by atoms with Crippen LogP contribution in [0.1, 0.15) is 36.6 Å². The molecule has 0 amide bonds. The third kappa shape index (κ3) is 5.46. The molecule has 2 unspecified atom stereocenters. The molecule has 0 spiro atoms. The van der Waals surface area contributed by atoms with E-state index in [-0.39, 0.29) is 34.5 Å². The number of rotatable bonds is 8. The first-order valence-electron chi connectivity index (χ1n) is 10.2. The van der Waals surface area contributed by atoms with Gasteiger partial charge in [-0.1, -0.05) is 34.4 Å². The molecule has 2 atom stereocenters. The Bertz CT molecular complexity index is 963. The normalized spacial score (nSPS) is 21.9. The molecule has 0 N–H and O–H groups in total. The van der Waals surface area contributed by atoms with Gasteiger partial charge in [-0.15, -0.1) is 5.10 Å². The molecule has 1 aromatic carbocycles. The second-order valence-corrected chi connectivity index (χ2v) is 9.69. The van der Waals surface area contributed by atoms with Crippen LogP contribution in [0.15, 0.2) is 35.2 Å². The maximum Gasteiger partial charge on any atom is 0.215 e. The van der Waals surface area contributed by atoms with Crippen LogP contribution in [0.2, 0.25) is 0 Å². The molecular formula is C22H24FN3O3S2. The van der Waals surface area contributed by atoms with Gasteiger partial charge in [0.25, 0.3) is 0 Å². The van der Waals surface area contributed by atoms with E-state index in [0.717, 1.165) is 24.1 Å². The van der Waals surface area contributed by atoms with Gasteiger partial charge in [-0.2, -0.15) is 0 Å². The van der Waals surface area contributed by atoms with Gasteiger partial charge in [0.2, 0.25) is 5.12 Å². The van der Waals surface area contributed by atoms with Crippen LogP contribution in [0.5, 0.6) is 0 Å². The van der Waals surface area contributed by atoms with Crippen molar-refractivity contribution in [1.29, 1.82) is 0 Å². The van der Waals surface area contributed by atoms with Crippen LogP contribution in [-0.4, -0.2) is 57.4 Å². The van der Waals surface area contributed by atoms with Crippen molar-refractivity contribution in [1.82, 2.24) is 14.5 Å². The molecule has 31 heavy (non-hydrogen) atoms. The number of likely N-dealkylation sites (tertiary alicyclic amines) is 1. The standard InChI is InChI=1S/C22H24FN3O3S2/c1-29-12-20(27)31-19-8-9-26(11-15(19)10-16-13-30-25-24-16)21(22(28)14-6-7-14)17-4-2-3-5-18(17)23/h2-5,10,13-14,19,21H,6-9,11-12H2,1H3/b15-10-. The highest BCUT2D eigenvalue weighted by atomic mass is 32.2. The van der Waals surface area contributed by atoms with Crippen LogP contribution in [0.25, 0.3) is 6.08 Å². The Morgan fingerprint density at radius 1 is 1.35 bits per heavy atom. The topological polar surface area (TPSA) is 72.4 Å². The number of thioether (sulfide) groups is 1. The molecule has 0 bridgehead atoms. The summed E-state index contributed by atoms with van der Waals surface area (Å²) >= 11 is 2.51. The van der Waals surface area contributed by atoms with Gasteiger partial charge in [-0.25, -0.2) is 4.39 Å². The number of carbonyl (C=O) groups is 2. The van der Waals surface area contributed by atoms with E-state index in [0.29, 0.717) is 25.1 Å². The van der Waals surface area contributed by atoms with Crippen molar-refractivity contribution in [3.8, 4) is 0 Å². The molecule has 2 heterocycles. The molecule has 6 nitrogen and oxygen atoms in total. The van der Waals surface area contributed by atoms with Crippen molar-refractivity contribution in [2.45, 2.75) is 30.6 Å². The average Bonchev–Trinajstić information content (AvgIpc) is 3.48. The van der Waals surface area contributed by atoms with E-state index < -0.39 is 6.04 Å². The van der Waals surface area contributed by atoms with E-state index >= 15 is 0 Å². The van der Waals surface area contributed by atoms with E-state index in [1.165, 1.54) is 36.5 Å². The van der Waals surface area contributed by atoms with Crippen LogP contribution in [0, 0.1) is 11.7 Å². The summed E-state index contributed by atoms with van der Waals surface area (Å²) in [6.07, 6.45) is 4.35. The van der Waals surface area contributed by atoms with Gasteiger partial charge in [-0.05, 0) is 48.5 Å². The zero-order valence-electron chi connectivity index (χ0n) is 17.2. The minimum Gasteiger partial charge on any atom is -0.376 e. The number of benzene rings is 1. The monoisotopic (exact) mass is 461 g/mol. The zero-order chi connectivity index (χ0) is 21.8. The molecule has 1 aliphatic carbocycles. The highest BCUT2D eigenvalue weighted by Gasteiger charge is 2.41. The van der Waals surface area contributed by atoms with Crippen molar-refractivity contribution in [3.63, 3.8) is 0 Å². The summed E-state index contributed by atoms with van der Waals surface area (Å²) in [5, 5.41) is 5.86. The molecule has 1 saturated carbocycles. The SMILES string of the molecule is COCC(=O)SC1CCN(C(C(=O)C2CC2)c2ccccc2F)C/C1=C/c1csnn1. The van der Waals surface area contributed by atoms with Gasteiger partial charge >= 0.3 is 0 Å². The molecule has 9 heteroatoms. The van der Waals surface area contributed by atoms with E-state index in [1.807, 2.05) is 16.4 Å². The number of ketones is 1. The summed E-state index contributed by atoms with van der Waals surface area (Å²) < 4.78 is 23.6. The van der Waals surface area contributed by atoms with Crippen molar-refractivity contribution < 1.29 is 18.7 Å². The van der Waals surface area contributed by atoms with E-state index in [2.05, 4.69) is 9.59 Å². The Morgan fingerprint density at radius 3 is 2.84 bits per heavy atom. The number of halogens is 1. The van der Waals surface area contributed by atoms with Crippen LogP contribution < -0.4 is 0 Å². The van der Waals surface area contributed by atoms with Crippen LogP contribution in [0.4, 0.5) is 4.39 Å². The predicted octanol–water partition coefficient (Wildman–Crippen LogP) is 3.76. The number of ether oxygens (including phenoxy) is 1. The van der Waals surface area contributed by atoms with Crippen molar-refractivity contribution in [2.75, 3.05) is 26.8 Å². The Morgan fingerprint density at radius 2 is 2.16 bits per heavy atom. The van der Waals surface area contributed by atoms with Gasteiger partial charge in [-0.3, -0.25) is 14.5 Å². The molecule has 1 aromatic heterocycles. The van der Waals surface area contributed by atoms with Crippen molar-refractivity contribution >= 4 is 40.3 Å². The fourth-order valence-electron chi connectivity index (χ4n) is 3.93. The summed E-state index contributed by atoms with van der Waals surface area (Å²) in [5.41, 5.74) is 2.14. The predicted molar refractivity (Wildman–Crippen MR) is 119 cm³/mol. The van der Waals surface area contributed by atoms with Gasteiger partial charge in [0.15, 0.2) is 5.78 Å². The molecule has 2 fully saturated rings. The highest BCUT2D eigenvalue weighted by Crippen LogP contribution is 2.40. The summed E-state index contributed by atoms with van der Waals surface area (Å²) in [5.74, 6) is -0.265. The second kappa shape index (κ2) is 10.1. The Hall–Kier alpha value is -1.94. The smallest absolute Gasteiger partial charge is 0.215 e. The summed E-state index contributed by atoms with van der Waals surface area (Å²) in [7, 11) is 1.50. The number of piperidine rings is 1. The molecule has 1 saturated heterocycles. The summed E-state index contributed by atoms with van der Waals surface area (Å²) in [6, 6.07) is 5.91. The molecule has 164 valence electrons. The number of nitrogens with zero attached hydrogens (tertiary/aromatic N) is 3. The maximum atomic E-state index is 14.7. The second-order valence-electron chi connectivity index (χ2n) is 7.82. The van der Waals surface area contributed by atoms with Crippen LogP contribution in [-0.2, 0) is 14.3 Å². The molecule has 2 aromatic rings. The lowest BCUT2D eigenvalue weighted by atomic mass is 9.93. The van der Waals surface area contributed by atoms with Crippen molar-refractivity contribution in [2.24, 2.45) is 5.92 Å². The largest absolute Gasteiger partial charge is 0.376 e. The van der Waals surface area contributed by atoms with Crippen LogP contribution >= 0.6 is 23.3 Å². The Kier molecular flexibility index (Phi) is 7.27. The number of hydrogen-bond acceptors (Lipinski definition) is 8. The lowest BCUT2D eigenvalue weighted by Crippen LogP contribution is -2.43. The first-order valence-corrected chi connectivity index (χ1v) is 12.0. The van der Waals surface area contributed by atoms with Crippen molar-refractivity contribution in [3.05, 3.63) is 52.3 Å². The van der Waals surface area contributed by atoms with Gasteiger partial charge < -0.3 is 4.74 Å². The van der Waals surface area contributed by atoms with E-state index in [4.69, 9.17) is 4.74 Å². The first-order chi connectivity index (χ1) is 15.1. The summed E-state index contributed by atoms with van der Waals surface area (Å²) in [4.78, 5) is 27.5. The van der Waals surface area contributed by atoms with Gasteiger partial charge in [0.05, 0.1) is 11.7 Å².